The van der Waals surface area contributed by atoms with Crippen molar-refractivity contribution < 1.29 is 24.0 Å². The lowest BCUT2D eigenvalue weighted by Crippen LogP contribution is -2.94. The molecule has 4 rings (SSSR count). The van der Waals surface area contributed by atoms with Crippen LogP contribution in [-0.4, -0.2) is 382 Å². The maximum atomic E-state index is 12.1. The average molecular weight is 998 g/mol. The van der Waals surface area contributed by atoms with E-state index in [1.54, 1.807) is 29.9 Å². The summed E-state index contributed by atoms with van der Waals surface area (Å²) in [6.07, 6.45) is -27.6. The van der Waals surface area contributed by atoms with E-state index in [9.17, 15) is 9.82 Å². The van der Waals surface area contributed by atoms with Crippen molar-refractivity contribution in [3.63, 3.8) is 0 Å². The van der Waals surface area contributed by atoms with Gasteiger partial charge in [0, 0.05) is 350 Å². The van der Waals surface area contributed by atoms with Crippen molar-refractivity contribution in [2.24, 2.45) is 0 Å². The number of carbonyl (C=O) groups excluding carboxylic acids is 1. The first-order valence-corrected chi connectivity index (χ1v) is 27.0. The van der Waals surface area contributed by atoms with Gasteiger partial charge < -0.3 is 35.1 Å². The van der Waals surface area contributed by atoms with E-state index < -0.39 is 153 Å². The van der Waals surface area contributed by atoms with E-state index in [1.165, 1.54) is 0 Å². The lowest BCUT2D eigenvalue weighted by atomic mass is 8.25. The molecular weight excluding hydrogens is 956 g/mol. The van der Waals surface area contributed by atoms with Gasteiger partial charge in [0.05, 0.1) is 17.9 Å². The molecular formula is C26H41B47N4O5. The summed E-state index contributed by atoms with van der Waals surface area (Å²) in [6.45, 7) is 13.7. The number of benzene rings is 2. The van der Waals surface area contributed by atoms with Gasteiger partial charge >= 0.3 is 13.1 Å². The van der Waals surface area contributed by atoms with E-state index in [0.29, 0.717) is 42.9 Å². The molecule has 2 heterocycles. The molecule has 0 atom stereocenters. The second kappa shape index (κ2) is 36.4. The van der Waals surface area contributed by atoms with E-state index in [2.05, 4.69) is 19.2 Å². The summed E-state index contributed by atoms with van der Waals surface area (Å²) >= 11 is 0. The molecule has 2 aromatic rings. The first kappa shape index (κ1) is 79.7. The SMILES string of the molecule is C.CB(O)N1CCOc2ccc(NC(C)C)cc21.CC(C)(C)OC(=O)N1CCOc2ccc(N)cc21.[B]B([B])B(B([B])[B])B(B(B([B])[B])B([B])[B])B(B(B(B([B])[B])B([B])[B])B(B([B])[B])B([B])[B])B(B(B([B])[B])B([B])[B])B(B([B])[B])B([B])[B]. The second-order valence-electron chi connectivity index (χ2n) is 22.6. The molecule has 82 heavy (non-hydrogen) atoms. The maximum absolute atomic E-state index is 12.1. The van der Waals surface area contributed by atoms with Crippen molar-refractivity contribution in [3.05, 3.63) is 36.4 Å². The highest BCUT2D eigenvalue weighted by Gasteiger charge is 2.59. The zero-order valence-electron chi connectivity index (χ0n) is 48.1. The topological polar surface area (TPSA) is 110 Å². The zero-order chi connectivity index (χ0) is 62.5. The first-order valence-electron chi connectivity index (χ1n) is 27.0. The summed E-state index contributed by atoms with van der Waals surface area (Å²) in [7, 11) is 152. The monoisotopic (exact) mass is 1010 g/mol. The van der Waals surface area contributed by atoms with Crippen LogP contribution in [0.3, 0.4) is 0 Å². The molecule has 4 N–H and O–H groups in total. The molecule has 0 aliphatic carbocycles. The Morgan fingerprint density at radius 1 is 0.524 bits per heavy atom. The normalized spacial score (nSPS) is 11.6. The molecule has 0 fully saturated rings. The summed E-state index contributed by atoms with van der Waals surface area (Å²) < 4.78 is 16.4. The first-order chi connectivity index (χ1) is 37.3. The molecule has 0 unspecified atom stereocenters. The Morgan fingerprint density at radius 3 is 1.13 bits per heavy atom. The number of anilines is 4. The van der Waals surface area contributed by atoms with Crippen LogP contribution in [0.1, 0.15) is 42.0 Å². The number of hydrogen-bond acceptors (Lipinski definition) is 8. The molecule has 9 nitrogen and oxygen atoms in total. The number of nitrogen functional groups attached to an aromatic ring is 1. The number of carbonyl (C=O) groups is 1. The highest BCUT2D eigenvalue weighted by molar-refractivity contribution is 8.34. The van der Waals surface area contributed by atoms with Crippen molar-refractivity contribution in [1.82, 2.24) is 0 Å². The lowest BCUT2D eigenvalue weighted by molar-refractivity contribution is 0.0567. The van der Waals surface area contributed by atoms with Crippen LogP contribution in [0.15, 0.2) is 36.4 Å². The Kier molecular flexibility index (Phi) is 35.4. The quantitative estimate of drug-likeness (QED) is 0.0705. The summed E-state index contributed by atoms with van der Waals surface area (Å²) in [5.41, 5.74) is 8.48. The number of nitrogens with two attached hydrogens (primary N) is 1. The Balaban J connectivity index is 0.000000748. The minimum absolute atomic E-state index is 0. The van der Waals surface area contributed by atoms with E-state index in [0.717, 1.165) is 23.7 Å². The third-order valence-corrected chi connectivity index (χ3v) is 14.6. The van der Waals surface area contributed by atoms with Crippen molar-refractivity contribution in [2.45, 2.75) is 60.5 Å². The molecule has 336 valence electrons. The number of ether oxygens (including phenoxy) is 3. The Labute approximate surface area is 537 Å². The van der Waals surface area contributed by atoms with Gasteiger partial charge in [-0.15, -0.1) is 0 Å². The number of nitrogens with zero attached hydrogens (tertiary/aromatic N) is 2. The second-order valence-corrected chi connectivity index (χ2v) is 22.6. The predicted molar refractivity (Wildman–Crippen MR) is 413 cm³/mol. The van der Waals surface area contributed by atoms with Gasteiger partial charge in [0.15, 0.2) is 0 Å². The minimum Gasteiger partial charge on any atom is -0.490 e. The Hall–Kier alpha value is -0.278. The van der Waals surface area contributed by atoms with Crippen LogP contribution in [0.25, 0.3) is 0 Å². The standard InChI is InChI=1S/C13H18N2O3.C12H19BN2O2.CH4.B46/c1-13(2,3)18-12(16)15-6-7-17-11-5-4-9(14)8-10(11)15;1-9(2)14-10-4-5-12-11(8-10)15(13(3)16)6-7-17-12;;1-25(2)37(26(3)4)43(38(27(5)6)28(7)8)46(44(39(29(9)10)30(11)12)40(31(13)14)32(15)16)45(41(33(17)18)34(19)20)42(35(21)22)36(23)24/h4-5,8H,6-7,14H2,1-3H3;4-5,8-9,14,16H,6-7H2,1-3H3;1H4;. The molecule has 1 amide bonds. The van der Waals surface area contributed by atoms with Crippen molar-refractivity contribution >= 4 is 362 Å². The van der Waals surface area contributed by atoms with E-state index in [4.69, 9.17) is 206 Å². The van der Waals surface area contributed by atoms with E-state index >= 15 is 0 Å². The number of rotatable bonds is 24. The van der Waals surface area contributed by atoms with Crippen LogP contribution in [0.5, 0.6) is 11.5 Å². The van der Waals surface area contributed by atoms with Crippen LogP contribution in [0.2, 0.25) is 6.82 Å². The largest absolute Gasteiger partial charge is 0.490 e. The van der Waals surface area contributed by atoms with Crippen LogP contribution in [-0.2, 0) is 4.74 Å². The lowest BCUT2D eigenvalue weighted by Gasteiger charge is -2.56. The molecule has 0 saturated heterocycles. The maximum Gasteiger partial charge on any atom is 0.415 e. The van der Waals surface area contributed by atoms with E-state index in [1.807, 2.05) is 43.8 Å². The highest BCUT2D eigenvalue weighted by atomic mass is 16.6. The third kappa shape index (κ3) is 22.9. The molecule has 48 radical (unpaired) electrons. The minimum atomic E-state index is -1.30. The van der Waals surface area contributed by atoms with Gasteiger partial charge in [-0.05, 0) is 77.8 Å². The van der Waals surface area contributed by atoms with Gasteiger partial charge in [0.2, 0.25) is 0 Å². The molecule has 0 spiro atoms. The number of amides is 1. The van der Waals surface area contributed by atoms with Crippen molar-refractivity contribution in [3.8, 4) is 11.5 Å². The Bertz CT molecular complexity index is 1950. The summed E-state index contributed by atoms with van der Waals surface area (Å²) in [5, 5.41) is 13.1. The summed E-state index contributed by atoms with van der Waals surface area (Å²) in [6, 6.07) is 11.6. The smallest absolute Gasteiger partial charge is 0.415 e. The summed E-state index contributed by atoms with van der Waals surface area (Å²) in [4.78, 5) is 15.6. The molecule has 0 aromatic heterocycles. The van der Waals surface area contributed by atoms with Gasteiger partial charge in [0.1, 0.15) is 30.3 Å². The average Bonchev–Trinajstić information content (AvgIpc) is 3.29. The number of hydrogen-bond donors (Lipinski definition) is 3. The number of fused-ring (bicyclic) bond motifs is 2. The zero-order valence-corrected chi connectivity index (χ0v) is 48.1. The molecule has 0 bridgehead atoms. The highest BCUT2D eigenvalue weighted by Crippen LogP contribution is 2.36. The van der Waals surface area contributed by atoms with Gasteiger partial charge in [-0.1, -0.05) is 7.43 Å². The molecule has 56 heteroatoms. The molecule has 2 aromatic carbocycles. The fourth-order valence-corrected chi connectivity index (χ4v) is 11.5. The fourth-order valence-electron chi connectivity index (χ4n) is 11.5. The molecule has 0 saturated carbocycles. The van der Waals surface area contributed by atoms with Gasteiger partial charge in [-0.3, -0.25) is 4.90 Å². The van der Waals surface area contributed by atoms with Gasteiger partial charge in [-0.25, -0.2) is 4.79 Å². The predicted octanol–water partition coefficient (Wildman–Crippen LogP) is -12.7. The fraction of sp³-hybridized carbons (Fsp3) is 0.500. The molecule has 2 aliphatic heterocycles. The number of nitrogens with one attached hydrogen (secondary N) is 1. The van der Waals surface area contributed by atoms with Crippen molar-refractivity contribution in [2.75, 3.05) is 47.1 Å². The van der Waals surface area contributed by atoms with Crippen LogP contribution in [0, 0.1) is 0 Å². The summed E-state index contributed by atoms with van der Waals surface area (Å²) in [5.74, 6) is 1.49. The van der Waals surface area contributed by atoms with Crippen LogP contribution >= 0.6 is 0 Å². The van der Waals surface area contributed by atoms with E-state index in [-0.39, 0.29) is 13.5 Å². The van der Waals surface area contributed by atoms with Gasteiger partial charge in [-0.2, -0.15) is 0 Å². The van der Waals surface area contributed by atoms with Crippen LogP contribution < -0.4 is 30.2 Å². The van der Waals surface area contributed by atoms with Crippen LogP contribution in [0.4, 0.5) is 27.5 Å². The van der Waals surface area contributed by atoms with Crippen molar-refractivity contribution in [1.29, 1.82) is 0 Å². The third-order valence-electron chi connectivity index (χ3n) is 14.6. The Morgan fingerprint density at radius 2 is 0.829 bits per heavy atom. The molecule has 2 aliphatic rings. The van der Waals surface area contributed by atoms with Gasteiger partial charge in [0.25, 0.3) is 0 Å².